The van der Waals surface area contributed by atoms with E-state index < -0.39 is 0 Å². The van der Waals surface area contributed by atoms with Crippen molar-refractivity contribution in [3.8, 4) is 11.1 Å². The Morgan fingerprint density at radius 2 is 1.83 bits per heavy atom. The van der Waals surface area contributed by atoms with Crippen molar-refractivity contribution >= 4 is 38.0 Å². The van der Waals surface area contributed by atoms with E-state index in [0.717, 1.165) is 38.4 Å². The second kappa shape index (κ2) is 7.61. The Hall–Kier alpha value is -2.15. The van der Waals surface area contributed by atoms with Gasteiger partial charge in [0.1, 0.15) is 5.82 Å². The lowest BCUT2D eigenvalue weighted by Gasteiger charge is -2.09. The van der Waals surface area contributed by atoms with E-state index in [0.29, 0.717) is 0 Å². The number of anilines is 1. The smallest absolute Gasteiger partial charge is 0.132 e. The first kappa shape index (κ1) is 16.7. The second-order valence-corrected chi connectivity index (χ2v) is 6.54. The molecule has 0 aliphatic rings. The highest BCUT2D eigenvalue weighted by atomic mass is 35.5. The van der Waals surface area contributed by atoms with Gasteiger partial charge in [0.15, 0.2) is 0 Å². The number of rotatable bonds is 4. The second-order valence-electron chi connectivity index (χ2n) is 5.51. The van der Waals surface area contributed by atoms with E-state index in [2.05, 4.69) is 37.7 Å². The highest BCUT2D eigenvalue weighted by Crippen LogP contribution is 2.24. The molecule has 1 aromatic heterocycles. The van der Waals surface area contributed by atoms with Gasteiger partial charge in [-0.3, -0.25) is 0 Å². The Morgan fingerprint density at radius 3 is 2.54 bits per heavy atom. The fourth-order valence-corrected chi connectivity index (χ4v) is 2.78. The molecule has 0 saturated carbocycles. The van der Waals surface area contributed by atoms with Gasteiger partial charge in [0.2, 0.25) is 0 Å². The van der Waals surface area contributed by atoms with Crippen molar-refractivity contribution in [2.24, 2.45) is 0 Å². The summed E-state index contributed by atoms with van der Waals surface area (Å²) in [5, 5.41) is 4.98. The molecule has 0 aliphatic carbocycles. The first-order valence-corrected chi connectivity index (χ1v) is 8.59. The number of pyridine rings is 1. The molecular weight excluding hydrogens is 335 g/mol. The molecule has 24 heavy (non-hydrogen) atoms. The Bertz CT molecular complexity index is 876. The zero-order valence-corrected chi connectivity index (χ0v) is 15.2. The first-order chi connectivity index (χ1) is 11.6. The molecule has 1 heterocycles. The van der Waals surface area contributed by atoms with Gasteiger partial charge in [0.05, 0.1) is 0 Å². The van der Waals surface area contributed by atoms with E-state index >= 15 is 0 Å². The largest absolute Gasteiger partial charge is 0.346 e. The van der Waals surface area contributed by atoms with Crippen molar-refractivity contribution in [2.45, 2.75) is 6.92 Å². The van der Waals surface area contributed by atoms with Crippen LogP contribution in [0.15, 0.2) is 67.0 Å². The number of hydrogen-bond donors (Lipinski definition) is 1. The van der Waals surface area contributed by atoms with Gasteiger partial charge in [0.25, 0.3) is 0 Å². The molecule has 0 fully saturated rings. The van der Waals surface area contributed by atoms with Gasteiger partial charge in [-0.15, -0.1) is 9.24 Å². The van der Waals surface area contributed by atoms with E-state index in [1.165, 1.54) is 0 Å². The highest BCUT2D eigenvalue weighted by Gasteiger charge is 2.04. The average Bonchev–Trinajstić information content (AvgIpc) is 2.60. The summed E-state index contributed by atoms with van der Waals surface area (Å²) in [6.07, 6.45) is 5.81. The van der Waals surface area contributed by atoms with Gasteiger partial charge in [-0.2, -0.15) is 0 Å². The highest BCUT2D eigenvalue weighted by molar-refractivity contribution is 7.28. The predicted molar refractivity (Wildman–Crippen MR) is 108 cm³/mol. The van der Waals surface area contributed by atoms with Crippen LogP contribution in [0.2, 0.25) is 5.02 Å². The Morgan fingerprint density at radius 1 is 1.04 bits per heavy atom. The van der Waals surface area contributed by atoms with E-state index in [4.69, 9.17) is 11.6 Å². The first-order valence-electron chi connectivity index (χ1n) is 7.63. The molecule has 2 aromatic carbocycles. The average molecular weight is 353 g/mol. The van der Waals surface area contributed by atoms with Crippen LogP contribution in [0.4, 0.5) is 5.82 Å². The van der Waals surface area contributed by atoms with Crippen molar-refractivity contribution < 1.29 is 0 Å². The molecule has 2 nitrogen and oxygen atoms in total. The molecule has 0 saturated heterocycles. The number of nitrogens with one attached hydrogen (secondary N) is 1. The molecule has 0 aliphatic heterocycles. The van der Waals surface area contributed by atoms with Crippen LogP contribution in [-0.2, 0) is 0 Å². The fraction of sp³-hybridized carbons (Fsp3) is 0.0500. The summed E-state index contributed by atoms with van der Waals surface area (Å²) < 4.78 is 0. The zero-order valence-electron chi connectivity index (χ0n) is 13.3. The normalized spacial score (nSPS) is 11.0. The summed E-state index contributed by atoms with van der Waals surface area (Å²) in [5.41, 5.74) is 4.41. The maximum atomic E-state index is 6.08. The SMILES string of the molecule is Cc1cc(-c2ccc(Cl)c(P)c2)cnc1N/C=C/c1ccccc1. The molecule has 3 aromatic rings. The van der Waals surface area contributed by atoms with E-state index in [1.54, 1.807) is 0 Å². The summed E-state index contributed by atoms with van der Waals surface area (Å²) in [6.45, 7) is 2.05. The van der Waals surface area contributed by atoms with Crippen molar-refractivity contribution in [3.05, 3.63) is 83.1 Å². The van der Waals surface area contributed by atoms with Crippen LogP contribution < -0.4 is 10.6 Å². The summed E-state index contributed by atoms with van der Waals surface area (Å²) in [5.74, 6) is 0.853. The molecule has 0 amide bonds. The van der Waals surface area contributed by atoms with Crippen molar-refractivity contribution in [1.29, 1.82) is 0 Å². The molecule has 1 unspecified atom stereocenters. The standard InChI is InChI=1S/C20H18ClN2P/c1-14-11-17(16-7-8-18(21)19(24)12-16)13-23-20(14)22-10-9-15-5-3-2-4-6-15/h2-13H,24H2,1H3,(H,22,23)/b10-9+. The summed E-state index contributed by atoms with van der Waals surface area (Å²) in [6, 6.07) is 18.2. The van der Waals surface area contributed by atoms with Crippen LogP contribution in [0.5, 0.6) is 0 Å². The Balaban J connectivity index is 1.77. The number of halogens is 1. The lowest BCUT2D eigenvalue weighted by molar-refractivity contribution is 1.26. The molecular formula is C20H18ClN2P. The quantitative estimate of drug-likeness (QED) is 0.645. The third-order valence-electron chi connectivity index (χ3n) is 3.70. The minimum absolute atomic E-state index is 0.748. The lowest BCUT2D eigenvalue weighted by atomic mass is 10.1. The van der Waals surface area contributed by atoms with Crippen LogP contribution in [0, 0.1) is 6.92 Å². The van der Waals surface area contributed by atoms with Gasteiger partial charge in [-0.25, -0.2) is 4.98 Å². The third kappa shape index (κ3) is 4.03. The number of aryl methyl sites for hydroxylation is 1. The summed E-state index contributed by atoms with van der Waals surface area (Å²) >= 11 is 6.08. The van der Waals surface area contributed by atoms with Crippen molar-refractivity contribution in [1.82, 2.24) is 4.98 Å². The molecule has 4 heteroatoms. The number of aromatic nitrogens is 1. The monoisotopic (exact) mass is 352 g/mol. The van der Waals surface area contributed by atoms with Crippen LogP contribution >= 0.6 is 20.8 Å². The van der Waals surface area contributed by atoms with Crippen LogP contribution in [0.25, 0.3) is 17.2 Å². The Kier molecular flexibility index (Phi) is 5.30. The van der Waals surface area contributed by atoms with Crippen LogP contribution in [0.3, 0.4) is 0 Å². The molecule has 0 bridgehead atoms. The molecule has 3 rings (SSSR count). The van der Waals surface area contributed by atoms with Gasteiger partial charge in [0, 0.05) is 23.0 Å². The van der Waals surface area contributed by atoms with E-state index in [-0.39, 0.29) is 0 Å². The van der Waals surface area contributed by atoms with E-state index in [9.17, 15) is 0 Å². The predicted octanol–water partition coefficient (Wildman–Crippen LogP) is 5.29. The molecule has 0 spiro atoms. The van der Waals surface area contributed by atoms with Gasteiger partial charge in [-0.05, 0) is 53.2 Å². The summed E-state index contributed by atoms with van der Waals surface area (Å²) in [7, 11) is 2.65. The topological polar surface area (TPSA) is 24.9 Å². The minimum Gasteiger partial charge on any atom is -0.346 e. The van der Waals surface area contributed by atoms with E-state index in [1.807, 2.05) is 61.8 Å². The van der Waals surface area contributed by atoms with Crippen LogP contribution in [-0.4, -0.2) is 4.98 Å². The third-order valence-corrected chi connectivity index (χ3v) is 4.71. The molecule has 1 N–H and O–H groups in total. The van der Waals surface area contributed by atoms with Crippen molar-refractivity contribution in [3.63, 3.8) is 0 Å². The zero-order chi connectivity index (χ0) is 16.9. The number of benzene rings is 2. The maximum Gasteiger partial charge on any atom is 0.132 e. The molecule has 0 radical (unpaired) electrons. The fourth-order valence-electron chi connectivity index (χ4n) is 2.39. The number of hydrogen-bond acceptors (Lipinski definition) is 2. The minimum atomic E-state index is 0.748. The van der Waals surface area contributed by atoms with Gasteiger partial charge in [-0.1, -0.05) is 48.0 Å². The Labute approximate surface area is 149 Å². The van der Waals surface area contributed by atoms with Gasteiger partial charge < -0.3 is 5.32 Å². The summed E-state index contributed by atoms with van der Waals surface area (Å²) in [4.78, 5) is 4.54. The van der Waals surface area contributed by atoms with Crippen LogP contribution in [0.1, 0.15) is 11.1 Å². The van der Waals surface area contributed by atoms with Crippen molar-refractivity contribution in [2.75, 3.05) is 5.32 Å². The molecule has 1 atom stereocenters. The maximum absolute atomic E-state index is 6.08. The lowest BCUT2D eigenvalue weighted by Crippen LogP contribution is -1.97. The molecule has 120 valence electrons. The van der Waals surface area contributed by atoms with Gasteiger partial charge >= 0.3 is 0 Å². The number of nitrogens with zero attached hydrogens (tertiary/aromatic N) is 1.